The average molecular weight is 391 g/mol. The number of nitrogens with zero attached hydrogens (tertiary/aromatic N) is 1. The van der Waals surface area contributed by atoms with Crippen LogP contribution >= 0.6 is 0 Å². The van der Waals surface area contributed by atoms with Gasteiger partial charge in [-0.05, 0) is 61.9 Å². The third kappa shape index (κ3) is 5.72. The molecule has 0 aliphatic carbocycles. The Balaban J connectivity index is 1.47. The van der Waals surface area contributed by atoms with E-state index in [1.54, 1.807) is 19.4 Å². The number of methoxy groups -OCH3 is 1. The molecule has 150 valence electrons. The lowest BCUT2D eigenvalue weighted by atomic mass is 10.1. The van der Waals surface area contributed by atoms with Gasteiger partial charge >= 0.3 is 0 Å². The lowest BCUT2D eigenvalue weighted by Crippen LogP contribution is -2.15. The quantitative estimate of drug-likeness (QED) is 0.555. The van der Waals surface area contributed by atoms with E-state index in [4.69, 9.17) is 9.47 Å². The Kier molecular flexibility index (Phi) is 6.68. The number of nitrogens with one attached hydrogen (secondary N) is 2. The molecule has 0 bridgehead atoms. The minimum atomic E-state index is -0.230. The summed E-state index contributed by atoms with van der Waals surface area (Å²) in [7, 11) is 1.63. The van der Waals surface area contributed by atoms with Crippen molar-refractivity contribution >= 4 is 17.3 Å². The predicted octanol–water partition coefficient (Wildman–Crippen LogP) is 4.45. The lowest BCUT2D eigenvalue weighted by molar-refractivity contribution is 0.102. The summed E-state index contributed by atoms with van der Waals surface area (Å²) in [6.07, 6.45) is 1.64. The number of hydrogen-bond donors (Lipinski definition) is 2. The molecule has 1 amide bonds. The molecule has 2 N–H and O–H groups in total. The zero-order valence-electron chi connectivity index (χ0n) is 16.9. The number of carbonyl (C=O) groups is 1. The molecule has 0 aliphatic heterocycles. The normalized spacial score (nSPS) is 10.3. The minimum Gasteiger partial charge on any atom is -0.497 e. The molecule has 6 heteroatoms. The van der Waals surface area contributed by atoms with Crippen molar-refractivity contribution in [2.24, 2.45) is 0 Å². The van der Waals surface area contributed by atoms with E-state index in [0.717, 1.165) is 34.0 Å². The third-order valence-corrected chi connectivity index (χ3v) is 4.39. The van der Waals surface area contributed by atoms with Crippen LogP contribution in [0.15, 0.2) is 60.8 Å². The first-order chi connectivity index (χ1) is 14.0. The standard InChI is InChI=1S/C23H25N3O3/c1-16-4-10-21(17(2)14-16)26-23(27)22-11-5-18(15-25-22)24-12-13-29-20-8-6-19(28-3)7-9-20/h4-11,14-15,24H,12-13H2,1-3H3,(H,26,27). The van der Waals surface area contributed by atoms with Crippen LogP contribution in [0.2, 0.25) is 0 Å². The fraction of sp³-hybridized carbons (Fsp3) is 0.217. The highest BCUT2D eigenvalue weighted by Crippen LogP contribution is 2.18. The first-order valence-electron chi connectivity index (χ1n) is 9.40. The largest absolute Gasteiger partial charge is 0.497 e. The number of ether oxygens (including phenoxy) is 2. The highest BCUT2D eigenvalue weighted by molar-refractivity contribution is 6.03. The number of pyridine rings is 1. The van der Waals surface area contributed by atoms with Crippen LogP contribution in [0, 0.1) is 13.8 Å². The molecule has 0 aliphatic rings. The number of benzene rings is 2. The van der Waals surface area contributed by atoms with Crippen molar-refractivity contribution in [2.45, 2.75) is 13.8 Å². The van der Waals surface area contributed by atoms with E-state index in [9.17, 15) is 4.79 Å². The van der Waals surface area contributed by atoms with Crippen molar-refractivity contribution in [1.82, 2.24) is 4.98 Å². The van der Waals surface area contributed by atoms with Gasteiger partial charge in [-0.15, -0.1) is 0 Å². The second-order valence-electron chi connectivity index (χ2n) is 6.66. The van der Waals surface area contributed by atoms with E-state index in [0.29, 0.717) is 18.8 Å². The van der Waals surface area contributed by atoms with Gasteiger partial charge in [0.2, 0.25) is 0 Å². The number of hydrogen-bond acceptors (Lipinski definition) is 5. The molecule has 3 aromatic rings. The molecule has 0 spiro atoms. The number of anilines is 2. The number of amides is 1. The minimum absolute atomic E-state index is 0.230. The molecule has 1 heterocycles. The molecule has 0 atom stereocenters. The molecular weight excluding hydrogens is 366 g/mol. The lowest BCUT2D eigenvalue weighted by Gasteiger charge is -2.10. The number of carbonyl (C=O) groups excluding carboxylic acids is 1. The summed E-state index contributed by atoms with van der Waals surface area (Å²) in [5, 5.41) is 6.13. The Hall–Kier alpha value is -3.54. The van der Waals surface area contributed by atoms with Crippen molar-refractivity contribution in [2.75, 3.05) is 30.9 Å². The van der Waals surface area contributed by atoms with Gasteiger partial charge < -0.3 is 20.1 Å². The fourth-order valence-corrected chi connectivity index (χ4v) is 2.81. The zero-order chi connectivity index (χ0) is 20.6. The van der Waals surface area contributed by atoms with E-state index in [1.807, 2.05) is 62.4 Å². The highest BCUT2D eigenvalue weighted by Gasteiger charge is 2.09. The molecule has 29 heavy (non-hydrogen) atoms. The van der Waals surface area contributed by atoms with Crippen molar-refractivity contribution in [3.05, 3.63) is 77.6 Å². The maximum Gasteiger partial charge on any atom is 0.274 e. The van der Waals surface area contributed by atoms with Gasteiger partial charge in [0.15, 0.2) is 0 Å². The van der Waals surface area contributed by atoms with Gasteiger partial charge in [-0.3, -0.25) is 4.79 Å². The summed E-state index contributed by atoms with van der Waals surface area (Å²) in [6, 6.07) is 16.9. The number of rotatable bonds is 8. The molecule has 0 fully saturated rings. The first kappa shape index (κ1) is 20.2. The second-order valence-corrected chi connectivity index (χ2v) is 6.66. The van der Waals surface area contributed by atoms with Gasteiger partial charge in [-0.25, -0.2) is 4.98 Å². The zero-order valence-corrected chi connectivity index (χ0v) is 16.9. The van der Waals surface area contributed by atoms with Crippen LogP contribution in [-0.4, -0.2) is 31.2 Å². The Morgan fingerprint density at radius 3 is 2.41 bits per heavy atom. The molecule has 0 radical (unpaired) electrons. The van der Waals surface area contributed by atoms with Crippen molar-refractivity contribution in [1.29, 1.82) is 0 Å². The fourth-order valence-electron chi connectivity index (χ4n) is 2.81. The monoisotopic (exact) mass is 391 g/mol. The molecule has 1 aromatic heterocycles. The molecule has 2 aromatic carbocycles. The average Bonchev–Trinajstić information content (AvgIpc) is 2.74. The van der Waals surface area contributed by atoms with Crippen LogP contribution in [0.3, 0.4) is 0 Å². The summed E-state index contributed by atoms with van der Waals surface area (Å²) in [5.41, 5.74) is 4.16. The van der Waals surface area contributed by atoms with Gasteiger partial charge in [-0.2, -0.15) is 0 Å². The Labute approximate surface area is 170 Å². The van der Waals surface area contributed by atoms with Crippen LogP contribution in [0.25, 0.3) is 0 Å². The predicted molar refractivity (Wildman–Crippen MR) is 115 cm³/mol. The first-order valence-corrected chi connectivity index (χ1v) is 9.40. The van der Waals surface area contributed by atoms with Gasteiger partial charge in [0.1, 0.15) is 23.8 Å². The maximum atomic E-state index is 12.4. The van der Waals surface area contributed by atoms with Crippen LogP contribution < -0.4 is 20.1 Å². The SMILES string of the molecule is COc1ccc(OCCNc2ccc(C(=O)Nc3ccc(C)cc3C)nc2)cc1. The topological polar surface area (TPSA) is 72.5 Å². The molecule has 6 nitrogen and oxygen atoms in total. The second kappa shape index (κ2) is 9.59. The van der Waals surface area contributed by atoms with Crippen molar-refractivity contribution in [3.8, 4) is 11.5 Å². The van der Waals surface area contributed by atoms with E-state index in [2.05, 4.69) is 15.6 Å². The molecule has 0 unspecified atom stereocenters. The van der Waals surface area contributed by atoms with E-state index in [1.165, 1.54) is 0 Å². The molecule has 3 rings (SSSR count). The van der Waals surface area contributed by atoms with Gasteiger partial charge in [0.05, 0.1) is 19.0 Å². The van der Waals surface area contributed by atoms with Crippen LogP contribution in [0.5, 0.6) is 11.5 Å². The Morgan fingerprint density at radius 2 is 1.76 bits per heavy atom. The van der Waals surface area contributed by atoms with Crippen LogP contribution in [0.4, 0.5) is 11.4 Å². The number of aromatic nitrogens is 1. The van der Waals surface area contributed by atoms with E-state index >= 15 is 0 Å². The Bertz CT molecular complexity index is 954. The summed E-state index contributed by atoms with van der Waals surface area (Å²) in [4.78, 5) is 16.7. The smallest absolute Gasteiger partial charge is 0.274 e. The van der Waals surface area contributed by atoms with Crippen molar-refractivity contribution < 1.29 is 14.3 Å². The molecule has 0 saturated heterocycles. The Morgan fingerprint density at radius 1 is 1.00 bits per heavy atom. The van der Waals surface area contributed by atoms with Gasteiger partial charge in [0, 0.05) is 12.2 Å². The third-order valence-electron chi connectivity index (χ3n) is 4.39. The van der Waals surface area contributed by atoms with Crippen molar-refractivity contribution in [3.63, 3.8) is 0 Å². The van der Waals surface area contributed by atoms with Gasteiger partial charge in [-0.1, -0.05) is 17.7 Å². The summed E-state index contributed by atoms with van der Waals surface area (Å²) >= 11 is 0. The maximum absolute atomic E-state index is 12.4. The van der Waals surface area contributed by atoms with Crippen LogP contribution in [-0.2, 0) is 0 Å². The highest BCUT2D eigenvalue weighted by atomic mass is 16.5. The summed E-state index contributed by atoms with van der Waals surface area (Å²) in [5.74, 6) is 1.35. The summed E-state index contributed by atoms with van der Waals surface area (Å²) in [6.45, 7) is 5.11. The van der Waals surface area contributed by atoms with E-state index < -0.39 is 0 Å². The molecular formula is C23H25N3O3. The number of aryl methyl sites for hydroxylation is 2. The van der Waals surface area contributed by atoms with E-state index in [-0.39, 0.29) is 5.91 Å². The van der Waals surface area contributed by atoms with Gasteiger partial charge in [0.25, 0.3) is 5.91 Å². The van der Waals surface area contributed by atoms with Crippen LogP contribution in [0.1, 0.15) is 21.6 Å². The summed E-state index contributed by atoms with van der Waals surface area (Å²) < 4.78 is 10.8. The molecule has 0 saturated carbocycles.